The van der Waals surface area contributed by atoms with E-state index in [1.54, 1.807) is 40.4 Å². The van der Waals surface area contributed by atoms with Gasteiger partial charge in [-0.2, -0.15) is 4.31 Å². The highest BCUT2D eigenvalue weighted by molar-refractivity contribution is 7.89. The summed E-state index contributed by atoms with van der Waals surface area (Å²) in [5.41, 5.74) is 1.09. The number of likely N-dealkylation sites (tertiary alicyclic amines) is 1. The maximum absolute atomic E-state index is 13.3. The number of rotatable bonds is 5. The van der Waals surface area contributed by atoms with Crippen LogP contribution < -0.4 is 5.32 Å². The number of sulfonamides is 1. The Bertz CT molecular complexity index is 1090. The van der Waals surface area contributed by atoms with Crippen LogP contribution in [0.3, 0.4) is 0 Å². The zero-order valence-corrected chi connectivity index (χ0v) is 20.6. The molecule has 3 heterocycles. The molecule has 0 spiro atoms. The summed E-state index contributed by atoms with van der Waals surface area (Å²) in [6.45, 7) is 3.37. The third kappa shape index (κ3) is 5.31. The lowest BCUT2D eigenvalue weighted by molar-refractivity contribution is -0.121. The van der Waals surface area contributed by atoms with Crippen LogP contribution in [0.2, 0.25) is 0 Å². The van der Waals surface area contributed by atoms with Crippen molar-refractivity contribution in [3.05, 3.63) is 46.2 Å². The number of anilines is 1. The number of aryl methyl sites for hydroxylation is 1. The Hall–Kier alpha value is -2.23. The van der Waals surface area contributed by atoms with Gasteiger partial charge in [-0.15, -0.1) is 11.3 Å². The van der Waals surface area contributed by atoms with Crippen LogP contribution in [-0.4, -0.2) is 55.1 Å². The van der Waals surface area contributed by atoms with Gasteiger partial charge in [0, 0.05) is 25.3 Å². The molecule has 1 atom stereocenters. The minimum Gasteiger partial charge on any atom is -0.326 e. The van der Waals surface area contributed by atoms with Crippen molar-refractivity contribution in [3.8, 4) is 0 Å². The number of benzene rings is 1. The van der Waals surface area contributed by atoms with Gasteiger partial charge in [-0.05, 0) is 68.2 Å². The van der Waals surface area contributed by atoms with E-state index >= 15 is 0 Å². The summed E-state index contributed by atoms with van der Waals surface area (Å²) in [7, 11) is -3.63. The van der Waals surface area contributed by atoms with Crippen molar-refractivity contribution in [3.63, 3.8) is 0 Å². The van der Waals surface area contributed by atoms with E-state index in [0.717, 1.165) is 38.5 Å². The molecule has 0 aliphatic carbocycles. The van der Waals surface area contributed by atoms with Gasteiger partial charge in [-0.3, -0.25) is 9.59 Å². The maximum Gasteiger partial charge on any atom is 0.264 e. The number of nitrogens with one attached hydrogen (secondary N) is 1. The Morgan fingerprint density at radius 1 is 1.00 bits per heavy atom. The predicted octanol–water partition coefficient (Wildman–Crippen LogP) is 4.25. The average molecular weight is 490 g/mol. The van der Waals surface area contributed by atoms with Crippen molar-refractivity contribution < 1.29 is 18.0 Å². The highest BCUT2D eigenvalue weighted by Crippen LogP contribution is 2.27. The maximum atomic E-state index is 13.3. The topological polar surface area (TPSA) is 86.8 Å². The van der Waals surface area contributed by atoms with Gasteiger partial charge < -0.3 is 10.2 Å². The summed E-state index contributed by atoms with van der Waals surface area (Å²) in [5, 5.41) is 4.74. The average Bonchev–Trinajstić information content (AvgIpc) is 3.21. The molecule has 2 aliphatic heterocycles. The van der Waals surface area contributed by atoms with E-state index in [0.29, 0.717) is 42.2 Å². The summed E-state index contributed by atoms with van der Waals surface area (Å²) < 4.78 is 28.2. The van der Waals surface area contributed by atoms with Gasteiger partial charge in [-0.25, -0.2) is 8.42 Å². The van der Waals surface area contributed by atoms with E-state index in [-0.39, 0.29) is 16.7 Å². The Morgan fingerprint density at radius 2 is 1.73 bits per heavy atom. The van der Waals surface area contributed by atoms with Gasteiger partial charge in [0.1, 0.15) is 6.04 Å². The Morgan fingerprint density at radius 3 is 2.42 bits per heavy atom. The number of amides is 2. The first-order valence-electron chi connectivity index (χ1n) is 11.6. The first-order valence-corrected chi connectivity index (χ1v) is 14.0. The SMILES string of the molecule is Cc1ccc(NC(=O)C2CCCCN2C(=O)c2cccs2)cc1S(=O)(=O)N1CCCCCC1. The fourth-order valence-corrected chi connectivity index (χ4v) is 7.04. The number of nitrogens with zero attached hydrogens (tertiary/aromatic N) is 2. The lowest BCUT2D eigenvalue weighted by Crippen LogP contribution is -2.49. The second-order valence-corrected chi connectivity index (χ2v) is 11.6. The van der Waals surface area contributed by atoms with Gasteiger partial charge in [-0.1, -0.05) is 25.0 Å². The van der Waals surface area contributed by atoms with Crippen molar-refractivity contribution in [1.82, 2.24) is 9.21 Å². The minimum absolute atomic E-state index is 0.127. The molecule has 2 aliphatic rings. The molecule has 1 unspecified atom stereocenters. The van der Waals surface area contributed by atoms with E-state index in [2.05, 4.69) is 5.32 Å². The van der Waals surface area contributed by atoms with Crippen LogP contribution in [0, 0.1) is 6.92 Å². The van der Waals surface area contributed by atoms with Crippen molar-refractivity contribution in [2.45, 2.75) is 62.8 Å². The van der Waals surface area contributed by atoms with Gasteiger partial charge in [0.05, 0.1) is 9.77 Å². The molecule has 1 N–H and O–H groups in total. The fraction of sp³-hybridized carbons (Fsp3) is 0.500. The molecule has 178 valence electrons. The molecule has 33 heavy (non-hydrogen) atoms. The molecule has 2 amide bonds. The molecular weight excluding hydrogens is 458 g/mol. The number of hydrogen-bond acceptors (Lipinski definition) is 5. The molecular formula is C24H31N3O4S2. The Labute approximate surface area is 199 Å². The summed E-state index contributed by atoms with van der Waals surface area (Å²) in [6, 6.07) is 8.05. The lowest BCUT2D eigenvalue weighted by atomic mass is 10.0. The standard InChI is InChI=1S/C24H31N3O4S2/c1-18-11-12-19(17-22(18)33(30,31)26-13-5-2-3-6-14-26)25-23(28)20-9-4-7-15-27(20)24(29)21-10-8-16-32-21/h8,10-12,16-17,20H,2-7,9,13-15H2,1H3,(H,25,28). The van der Waals surface area contributed by atoms with Crippen molar-refractivity contribution in [2.75, 3.05) is 25.0 Å². The number of carbonyl (C=O) groups is 2. The van der Waals surface area contributed by atoms with Gasteiger partial charge in [0.15, 0.2) is 0 Å². The van der Waals surface area contributed by atoms with Crippen LogP contribution in [0.25, 0.3) is 0 Å². The Balaban J connectivity index is 1.53. The zero-order valence-electron chi connectivity index (χ0n) is 19.0. The van der Waals surface area contributed by atoms with Crippen molar-refractivity contribution >= 4 is 38.9 Å². The largest absolute Gasteiger partial charge is 0.326 e. The predicted molar refractivity (Wildman–Crippen MR) is 130 cm³/mol. The normalized spacial score (nSPS) is 20.3. The first kappa shape index (κ1) is 23.9. The third-order valence-corrected chi connectivity index (χ3v) is 9.34. The molecule has 0 saturated carbocycles. The highest BCUT2D eigenvalue weighted by Gasteiger charge is 2.33. The molecule has 7 nitrogen and oxygen atoms in total. The molecule has 1 aromatic carbocycles. The summed E-state index contributed by atoms with van der Waals surface area (Å²) in [6.07, 6.45) is 6.15. The highest BCUT2D eigenvalue weighted by atomic mass is 32.2. The van der Waals surface area contributed by atoms with Crippen molar-refractivity contribution in [2.24, 2.45) is 0 Å². The van der Waals surface area contributed by atoms with E-state index < -0.39 is 16.1 Å². The van der Waals surface area contributed by atoms with E-state index in [1.165, 1.54) is 11.3 Å². The van der Waals surface area contributed by atoms with Crippen LogP contribution in [0.4, 0.5) is 5.69 Å². The quantitative estimate of drug-likeness (QED) is 0.680. The molecule has 0 radical (unpaired) electrons. The monoisotopic (exact) mass is 489 g/mol. The van der Waals surface area contributed by atoms with Crippen LogP contribution in [0.15, 0.2) is 40.6 Å². The van der Waals surface area contributed by atoms with Crippen LogP contribution in [-0.2, 0) is 14.8 Å². The van der Waals surface area contributed by atoms with Gasteiger partial charge in [0.25, 0.3) is 5.91 Å². The molecule has 2 saturated heterocycles. The van der Waals surface area contributed by atoms with Gasteiger partial charge >= 0.3 is 0 Å². The number of piperidine rings is 1. The second-order valence-electron chi connectivity index (χ2n) is 8.78. The molecule has 1 aromatic heterocycles. The number of carbonyl (C=O) groups excluding carboxylic acids is 2. The van der Waals surface area contributed by atoms with E-state index in [4.69, 9.17) is 0 Å². The smallest absolute Gasteiger partial charge is 0.264 e. The molecule has 9 heteroatoms. The lowest BCUT2D eigenvalue weighted by Gasteiger charge is -2.34. The van der Waals surface area contributed by atoms with Crippen LogP contribution in [0.1, 0.15) is 60.2 Å². The molecule has 4 rings (SSSR count). The fourth-order valence-electron chi connectivity index (χ4n) is 4.59. The van der Waals surface area contributed by atoms with Crippen molar-refractivity contribution in [1.29, 1.82) is 0 Å². The number of hydrogen-bond donors (Lipinski definition) is 1. The summed E-state index contributed by atoms with van der Waals surface area (Å²) >= 11 is 1.37. The molecule has 2 fully saturated rings. The third-order valence-electron chi connectivity index (χ3n) is 6.44. The van der Waals surface area contributed by atoms with Crippen LogP contribution in [0.5, 0.6) is 0 Å². The minimum atomic E-state index is -3.63. The molecule has 2 aromatic rings. The zero-order chi connectivity index (χ0) is 23.4. The van der Waals surface area contributed by atoms with E-state index in [1.807, 2.05) is 11.4 Å². The second kappa shape index (κ2) is 10.4. The number of thiophene rings is 1. The summed E-state index contributed by atoms with van der Waals surface area (Å²) in [5.74, 6) is -0.403. The summed E-state index contributed by atoms with van der Waals surface area (Å²) in [4.78, 5) is 28.6. The van der Waals surface area contributed by atoms with E-state index in [9.17, 15) is 18.0 Å². The van der Waals surface area contributed by atoms with Gasteiger partial charge in [0.2, 0.25) is 15.9 Å². The van der Waals surface area contributed by atoms with Crippen LogP contribution >= 0.6 is 11.3 Å². The molecule has 0 bridgehead atoms. The first-order chi connectivity index (χ1) is 15.9. The Kier molecular flexibility index (Phi) is 7.51.